The molecular weight excluding hydrogens is 176 g/mol. The Hall–Kier alpha value is -1.90. The number of aromatic amines is 2. The molecule has 0 aromatic carbocycles. The molecule has 0 unspecified atom stereocenters. The van der Waals surface area contributed by atoms with Crippen molar-refractivity contribution in [2.24, 2.45) is 0 Å². The van der Waals surface area contributed by atoms with E-state index in [1.54, 1.807) is 0 Å². The summed E-state index contributed by atoms with van der Waals surface area (Å²) >= 11 is 0. The lowest BCUT2D eigenvalue weighted by Crippen LogP contribution is -1.97. The summed E-state index contributed by atoms with van der Waals surface area (Å²) in [4.78, 5) is 0. The van der Waals surface area contributed by atoms with E-state index in [0.29, 0.717) is 24.9 Å². The van der Waals surface area contributed by atoms with Crippen LogP contribution in [0.3, 0.4) is 0 Å². The largest absolute Gasteiger partial charge is 0.365 e. The molecule has 0 amide bonds. The van der Waals surface area contributed by atoms with Crippen molar-refractivity contribution in [3.05, 3.63) is 11.6 Å². The third-order valence-electron chi connectivity index (χ3n) is 1.26. The number of tetrazole rings is 2. The Bertz CT molecular complexity index is 293. The molecule has 0 saturated carbocycles. The standard InChI is InChI=1S/C4H6N8O/c1(3-5-9-10-6-3)13-2-4-7-11-12-8-4/h1-2H2,(H,5,6,9,10)(H,7,8,11,12). The normalized spacial score (nSPS) is 10.5. The summed E-state index contributed by atoms with van der Waals surface area (Å²) in [5.41, 5.74) is 0. The fourth-order valence-corrected chi connectivity index (χ4v) is 0.724. The van der Waals surface area contributed by atoms with E-state index in [1.165, 1.54) is 0 Å². The van der Waals surface area contributed by atoms with Crippen LogP contribution in [0.2, 0.25) is 0 Å². The summed E-state index contributed by atoms with van der Waals surface area (Å²) in [6.07, 6.45) is 0. The molecule has 0 saturated heterocycles. The lowest BCUT2D eigenvalue weighted by atomic mass is 10.6. The van der Waals surface area contributed by atoms with Crippen LogP contribution in [0.5, 0.6) is 0 Å². The fourth-order valence-electron chi connectivity index (χ4n) is 0.724. The zero-order valence-electron chi connectivity index (χ0n) is 6.51. The maximum absolute atomic E-state index is 5.17. The maximum atomic E-state index is 5.17. The van der Waals surface area contributed by atoms with Crippen molar-refractivity contribution in [1.82, 2.24) is 41.2 Å². The van der Waals surface area contributed by atoms with Gasteiger partial charge in [-0.1, -0.05) is 0 Å². The van der Waals surface area contributed by atoms with Crippen molar-refractivity contribution < 1.29 is 4.74 Å². The number of rotatable bonds is 4. The average molecular weight is 182 g/mol. The second-order valence-corrected chi connectivity index (χ2v) is 2.19. The van der Waals surface area contributed by atoms with Crippen LogP contribution in [-0.4, -0.2) is 41.2 Å². The van der Waals surface area contributed by atoms with E-state index in [0.717, 1.165) is 0 Å². The smallest absolute Gasteiger partial charge is 0.174 e. The van der Waals surface area contributed by atoms with Gasteiger partial charge >= 0.3 is 0 Å². The summed E-state index contributed by atoms with van der Waals surface area (Å²) in [7, 11) is 0. The van der Waals surface area contributed by atoms with Gasteiger partial charge in [0.15, 0.2) is 11.6 Å². The Morgan fingerprint density at radius 3 is 1.85 bits per heavy atom. The zero-order chi connectivity index (χ0) is 8.93. The predicted octanol–water partition coefficient (Wildman–Crippen LogP) is -1.57. The van der Waals surface area contributed by atoms with E-state index in [4.69, 9.17) is 4.74 Å². The zero-order valence-corrected chi connectivity index (χ0v) is 6.51. The topological polar surface area (TPSA) is 118 Å². The van der Waals surface area contributed by atoms with Crippen molar-refractivity contribution in [3.63, 3.8) is 0 Å². The van der Waals surface area contributed by atoms with Crippen LogP contribution >= 0.6 is 0 Å². The molecule has 2 heterocycles. The molecular formula is C4H6N8O. The second kappa shape index (κ2) is 3.67. The monoisotopic (exact) mass is 182 g/mol. The van der Waals surface area contributed by atoms with Gasteiger partial charge in [-0.3, -0.25) is 0 Å². The van der Waals surface area contributed by atoms with Gasteiger partial charge in [-0.2, -0.15) is 0 Å². The molecule has 0 fully saturated rings. The first-order chi connectivity index (χ1) is 6.45. The molecule has 2 rings (SSSR count). The Morgan fingerprint density at radius 2 is 1.46 bits per heavy atom. The number of aromatic nitrogens is 8. The summed E-state index contributed by atoms with van der Waals surface area (Å²) < 4.78 is 5.17. The predicted molar refractivity (Wildman–Crippen MR) is 36.8 cm³/mol. The highest BCUT2D eigenvalue weighted by atomic mass is 16.5. The molecule has 0 aliphatic heterocycles. The highest BCUT2D eigenvalue weighted by Crippen LogP contribution is 1.93. The van der Waals surface area contributed by atoms with Crippen molar-refractivity contribution >= 4 is 0 Å². The highest BCUT2D eigenvalue weighted by molar-refractivity contribution is 4.73. The van der Waals surface area contributed by atoms with Crippen LogP contribution in [0.15, 0.2) is 0 Å². The van der Waals surface area contributed by atoms with E-state index in [1.807, 2.05) is 0 Å². The first-order valence-corrected chi connectivity index (χ1v) is 3.48. The van der Waals surface area contributed by atoms with Gasteiger partial charge in [0.2, 0.25) is 0 Å². The third-order valence-corrected chi connectivity index (χ3v) is 1.26. The lowest BCUT2D eigenvalue weighted by molar-refractivity contribution is 0.0965. The number of nitrogens with one attached hydrogen (secondary N) is 2. The van der Waals surface area contributed by atoms with E-state index >= 15 is 0 Å². The molecule has 0 bridgehead atoms. The fraction of sp³-hybridized carbons (Fsp3) is 0.500. The van der Waals surface area contributed by atoms with Gasteiger partial charge in [0, 0.05) is 0 Å². The summed E-state index contributed by atoms with van der Waals surface area (Å²) in [5, 5.41) is 25.9. The van der Waals surface area contributed by atoms with E-state index in [-0.39, 0.29) is 0 Å². The molecule has 9 nitrogen and oxygen atoms in total. The van der Waals surface area contributed by atoms with E-state index in [2.05, 4.69) is 41.2 Å². The van der Waals surface area contributed by atoms with E-state index < -0.39 is 0 Å². The van der Waals surface area contributed by atoms with E-state index in [9.17, 15) is 0 Å². The number of H-pyrrole nitrogens is 2. The molecule has 0 spiro atoms. The first-order valence-electron chi connectivity index (χ1n) is 3.48. The molecule has 2 N–H and O–H groups in total. The summed E-state index contributed by atoms with van der Waals surface area (Å²) in [5.74, 6) is 1.12. The van der Waals surface area contributed by atoms with Crippen molar-refractivity contribution in [1.29, 1.82) is 0 Å². The van der Waals surface area contributed by atoms with Gasteiger partial charge in [-0.05, 0) is 20.9 Å². The number of hydrogen-bond acceptors (Lipinski definition) is 7. The molecule has 0 radical (unpaired) electrons. The number of ether oxygens (including phenoxy) is 1. The molecule has 13 heavy (non-hydrogen) atoms. The summed E-state index contributed by atoms with van der Waals surface area (Å²) in [6.45, 7) is 0.599. The van der Waals surface area contributed by atoms with Crippen molar-refractivity contribution in [3.8, 4) is 0 Å². The van der Waals surface area contributed by atoms with Crippen LogP contribution in [0, 0.1) is 0 Å². The molecule has 0 aliphatic carbocycles. The Morgan fingerprint density at radius 1 is 0.923 bits per heavy atom. The SMILES string of the molecule is C(OCc1nnn[nH]1)c1nnn[nH]1. The highest BCUT2D eigenvalue weighted by Gasteiger charge is 1.99. The van der Waals surface area contributed by atoms with Gasteiger partial charge < -0.3 is 4.74 Å². The molecule has 0 atom stereocenters. The maximum Gasteiger partial charge on any atom is 0.174 e. The Labute approximate surface area is 71.9 Å². The van der Waals surface area contributed by atoms with Crippen molar-refractivity contribution in [2.75, 3.05) is 0 Å². The number of nitrogens with zero attached hydrogens (tertiary/aromatic N) is 6. The van der Waals surface area contributed by atoms with Crippen molar-refractivity contribution in [2.45, 2.75) is 13.2 Å². The van der Waals surface area contributed by atoms with Gasteiger partial charge in [-0.25, -0.2) is 10.2 Å². The van der Waals surface area contributed by atoms with Crippen LogP contribution in [-0.2, 0) is 18.0 Å². The third kappa shape index (κ3) is 2.02. The van der Waals surface area contributed by atoms with Gasteiger partial charge in [0.25, 0.3) is 0 Å². The average Bonchev–Trinajstić information content (AvgIpc) is 2.75. The van der Waals surface area contributed by atoms with Crippen LogP contribution in [0.25, 0.3) is 0 Å². The minimum absolute atomic E-state index is 0.299. The first kappa shape index (κ1) is 7.73. The van der Waals surface area contributed by atoms with Crippen LogP contribution in [0.4, 0.5) is 0 Å². The Balaban J connectivity index is 1.76. The molecule has 2 aromatic rings. The minimum atomic E-state index is 0.299. The van der Waals surface area contributed by atoms with Crippen LogP contribution < -0.4 is 0 Å². The minimum Gasteiger partial charge on any atom is -0.365 e. The van der Waals surface area contributed by atoms with Gasteiger partial charge in [0.1, 0.15) is 13.2 Å². The molecule has 9 heteroatoms. The van der Waals surface area contributed by atoms with Crippen LogP contribution in [0.1, 0.15) is 11.6 Å². The number of hydrogen-bond donors (Lipinski definition) is 2. The lowest BCUT2D eigenvalue weighted by Gasteiger charge is -1.95. The molecule has 68 valence electrons. The second-order valence-electron chi connectivity index (χ2n) is 2.19. The van der Waals surface area contributed by atoms with Gasteiger partial charge in [-0.15, -0.1) is 10.2 Å². The Kier molecular flexibility index (Phi) is 2.18. The molecule has 2 aromatic heterocycles. The quantitative estimate of drug-likeness (QED) is 0.586. The van der Waals surface area contributed by atoms with Gasteiger partial charge in [0.05, 0.1) is 0 Å². The molecule has 0 aliphatic rings. The summed E-state index contributed by atoms with van der Waals surface area (Å²) in [6, 6.07) is 0.